The lowest BCUT2D eigenvalue weighted by Gasteiger charge is -2.43. The molecule has 0 saturated heterocycles. The molecule has 1 aromatic carbocycles. The van der Waals surface area contributed by atoms with Crippen molar-refractivity contribution in [2.45, 2.75) is 51.6 Å². The van der Waals surface area contributed by atoms with Crippen LogP contribution in [0.1, 0.15) is 53.7 Å². The van der Waals surface area contributed by atoms with E-state index in [-0.39, 0.29) is 18.1 Å². The van der Waals surface area contributed by atoms with Crippen molar-refractivity contribution >= 4 is 11.3 Å². The summed E-state index contributed by atoms with van der Waals surface area (Å²) in [4.78, 5) is 0. The summed E-state index contributed by atoms with van der Waals surface area (Å²) in [7, 11) is 0. The lowest BCUT2D eigenvalue weighted by atomic mass is 9.67. The van der Waals surface area contributed by atoms with Gasteiger partial charge in [0.2, 0.25) is 0 Å². The summed E-state index contributed by atoms with van der Waals surface area (Å²) >= 11 is 1.63. The van der Waals surface area contributed by atoms with Gasteiger partial charge in [0.25, 0.3) is 0 Å². The van der Waals surface area contributed by atoms with E-state index < -0.39 is 0 Å². The standard InChI is InChI=1S/C18H25N3OS/c1-14-20-21-16(23-14)12-19-17(15-8-4-2-5-9-15)18(13-22)10-6-3-7-11-18/h2,4-5,8-9,17,19,22H,3,6-7,10-13H2,1H3. The lowest BCUT2D eigenvalue weighted by molar-refractivity contribution is 0.0410. The summed E-state index contributed by atoms with van der Waals surface area (Å²) < 4.78 is 0. The number of rotatable bonds is 6. The van der Waals surface area contributed by atoms with Crippen LogP contribution in [-0.2, 0) is 6.54 Å². The Balaban J connectivity index is 1.84. The van der Waals surface area contributed by atoms with E-state index in [9.17, 15) is 5.11 Å². The van der Waals surface area contributed by atoms with Gasteiger partial charge >= 0.3 is 0 Å². The molecule has 23 heavy (non-hydrogen) atoms. The van der Waals surface area contributed by atoms with Gasteiger partial charge in [-0.1, -0.05) is 49.6 Å². The largest absolute Gasteiger partial charge is 0.396 e. The second-order valence-corrected chi connectivity index (χ2v) is 7.79. The molecular formula is C18H25N3OS. The number of aromatic nitrogens is 2. The van der Waals surface area contributed by atoms with E-state index in [1.54, 1.807) is 11.3 Å². The van der Waals surface area contributed by atoms with E-state index in [0.29, 0.717) is 6.54 Å². The van der Waals surface area contributed by atoms with Gasteiger partial charge < -0.3 is 10.4 Å². The topological polar surface area (TPSA) is 58.0 Å². The van der Waals surface area contributed by atoms with Crippen molar-refractivity contribution in [1.29, 1.82) is 0 Å². The molecule has 1 aliphatic carbocycles. The third-order valence-electron chi connectivity index (χ3n) is 4.93. The molecule has 0 aliphatic heterocycles. The minimum absolute atomic E-state index is 0.0701. The molecule has 4 nitrogen and oxygen atoms in total. The Labute approximate surface area is 142 Å². The van der Waals surface area contributed by atoms with E-state index in [2.05, 4.69) is 39.8 Å². The van der Waals surface area contributed by atoms with E-state index >= 15 is 0 Å². The number of nitrogens with zero attached hydrogens (tertiary/aromatic N) is 2. The van der Waals surface area contributed by atoms with Gasteiger partial charge in [-0.15, -0.1) is 21.5 Å². The van der Waals surface area contributed by atoms with Crippen molar-refractivity contribution in [3.05, 3.63) is 45.9 Å². The fraction of sp³-hybridized carbons (Fsp3) is 0.556. The van der Waals surface area contributed by atoms with E-state index in [1.807, 2.05) is 13.0 Å². The van der Waals surface area contributed by atoms with Gasteiger partial charge in [0.1, 0.15) is 10.0 Å². The van der Waals surface area contributed by atoms with Gasteiger partial charge in [0, 0.05) is 11.5 Å². The maximum Gasteiger partial charge on any atom is 0.131 e. The molecule has 1 saturated carbocycles. The van der Waals surface area contributed by atoms with Crippen molar-refractivity contribution in [3.63, 3.8) is 0 Å². The molecule has 0 spiro atoms. The Hall–Kier alpha value is -1.30. The average Bonchev–Trinajstić information content (AvgIpc) is 3.02. The van der Waals surface area contributed by atoms with Crippen molar-refractivity contribution in [3.8, 4) is 0 Å². The molecule has 3 rings (SSSR count). The molecular weight excluding hydrogens is 306 g/mol. The minimum atomic E-state index is -0.0701. The molecule has 5 heteroatoms. The lowest BCUT2D eigenvalue weighted by Crippen LogP contribution is -2.42. The molecule has 2 N–H and O–H groups in total. The molecule has 1 aromatic heterocycles. The fourth-order valence-electron chi connectivity index (χ4n) is 3.73. The zero-order valence-electron chi connectivity index (χ0n) is 13.7. The Morgan fingerprint density at radius 2 is 1.91 bits per heavy atom. The van der Waals surface area contributed by atoms with Crippen LogP contribution in [0.25, 0.3) is 0 Å². The van der Waals surface area contributed by atoms with Crippen molar-refractivity contribution in [2.24, 2.45) is 5.41 Å². The van der Waals surface area contributed by atoms with Gasteiger partial charge in [-0.25, -0.2) is 0 Å². The second kappa shape index (κ2) is 7.51. The normalized spacial score (nSPS) is 18.7. The van der Waals surface area contributed by atoms with Crippen LogP contribution in [0.3, 0.4) is 0 Å². The summed E-state index contributed by atoms with van der Waals surface area (Å²) in [5, 5.41) is 24.2. The fourth-order valence-corrected chi connectivity index (χ4v) is 4.39. The predicted molar refractivity (Wildman–Crippen MR) is 93.3 cm³/mol. The van der Waals surface area contributed by atoms with Gasteiger partial charge in [-0.2, -0.15) is 0 Å². The molecule has 0 amide bonds. The van der Waals surface area contributed by atoms with Crippen LogP contribution in [0, 0.1) is 12.3 Å². The Bertz CT molecular complexity index is 608. The highest BCUT2D eigenvalue weighted by atomic mass is 32.1. The molecule has 0 radical (unpaired) electrons. The molecule has 2 aromatic rings. The van der Waals surface area contributed by atoms with Gasteiger partial charge in [0.15, 0.2) is 0 Å². The van der Waals surface area contributed by atoms with Crippen molar-refractivity contribution in [1.82, 2.24) is 15.5 Å². The van der Waals surface area contributed by atoms with Crippen molar-refractivity contribution in [2.75, 3.05) is 6.61 Å². The molecule has 1 atom stereocenters. The first-order valence-corrected chi connectivity index (χ1v) is 9.23. The summed E-state index contributed by atoms with van der Waals surface area (Å²) in [6.45, 7) is 2.91. The third kappa shape index (κ3) is 3.79. The summed E-state index contributed by atoms with van der Waals surface area (Å²) in [6, 6.07) is 10.7. The van der Waals surface area contributed by atoms with Crippen LogP contribution >= 0.6 is 11.3 Å². The third-order valence-corrected chi connectivity index (χ3v) is 5.77. The van der Waals surface area contributed by atoms with Gasteiger partial charge in [-0.05, 0) is 25.3 Å². The summed E-state index contributed by atoms with van der Waals surface area (Å²) in [5.74, 6) is 0. The van der Waals surface area contributed by atoms with Gasteiger partial charge in [-0.3, -0.25) is 0 Å². The number of aliphatic hydroxyl groups excluding tert-OH is 1. The number of nitrogens with one attached hydrogen (secondary N) is 1. The first-order chi connectivity index (χ1) is 11.2. The number of hydrogen-bond acceptors (Lipinski definition) is 5. The maximum absolute atomic E-state index is 10.2. The Morgan fingerprint density at radius 3 is 2.52 bits per heavy atom. The van der Waals surface area contributed by atoms with Crippen LogP contribution in [0.4, 0.5) is 0 Å². The van der Waals surface area contributed by atoms with E-state index in [0.717, 1.165) is 22.9 Å². The highest BCUT2D eigenvalue weighted by Crippen LogP contribution is 2.45. The second-order valence-electron chi connectivity index (χ2n) is 6.52. The highest BCUT2D eigenvalue weighted by Gasteiger charge is 2.40. The molecule has 1 heterocycles. The Morgan fingerprint density at radius 1 is 1.17 bits per heavy atom. The van der Waals surface area contributed by atoms with E-state index in [4.69, 9.17) is 0 Å². The van der Waals surface area contributed by atoms with Crippen molar-refractivity contribution < 1.29 is 5.11 Å². The van der Waals surface area contributed by atoms with Crippen LogP contribution in [0.2, 0.25) is 0 Å². The molecule has 0 bridgehead atoms. The Kier molecular flexibility index (Phi) is 5.41. The quantitative estimate of drug-likeness (QED) is 0.849. The number of aliphatic hydroxyl groups is 1. The van der Waals surface area contributed by atoms with E-state index in [1.165, 1.54) is 24.8 Å². The SMILES string of the molecule is Cc1nnc(CNC(c2ccccc2)C2(CO)CCCCC2)s1. The molecule has 1 unspecified atom stereocenters. The van der Waals surface area contributed by atoms with Crippen LogP contribution < -0.4 is 5.32 Å². The monoisotopic (exact) mass is 331 g/mol. The molecule has 1 aliphatic rings. The zero-order valence-corrected chi connectivity index (χ0v) is 14.5. The summed E-state index contributed by atoms with van der Waals surface area (Å²) in [5.41, 5.74) is 1.18. The smallest absolute Gasteiger partial charge is 0.131 e. The maximum atomic E-state index is 10.2. The van der Waals surface area contributed by atoms with Crippen LogP contribution in [0.5, 0.6) is 0 Å². The zero-order chi connectivity index (χ0) is 16.1. The predicted octanol–water partition coefficient (Wildman–Crippen LogP) is 3.62. The number of hydrogen-bond donors (Lipinski definition) is 2. The number of aryl methyl sites for hydroxylation is 1. The molecule has 1 fully saturated rings. The van der Waals surface area contributed by atoms with Gasteiger partial charge in [0.05, 0.1) is 13.2 Å². The average molecular weight is 331 g/mol. The number of benzene rings is 1. The van der Waals surface area contributed by atoms with Crippen LogP contribution in [0.15, 0.2) is 30.3 Å². The first kappa shape index (κ1) is 16.6. The van der Waals surface area contributed by atoms with Crippen LogP contribution in [-0.4, -0.2) is 21.9 Å². The highest BCUT2D eigenvalue weighted by molar-refractivity contribution is 7.11. The first-order valence-electron chi connectivity index (χ1n) is 8.42. The summed E-state index contributed by atoms with van der Waals surface area (Å²) in [6.07, 6.45) is 5.82. The molecule has 124 valence electrons. The minimum Gasteiger partial charge on any atom is -0.396 e.